The van der Waals surface area contributed by atoms with Crippen LogP contribution in [0.25, 0.3) is 0 Å². The van der Waals surface area contributed by atoms with Crippen LogP contribution in [0.15, 0.2) is 10.2 Å². The fourth-order valence-corrected chi connectivity index (χ4v) is 1.25. The first-order valence-electron chi connectivity index (χ1n) is 4.64. The summed E-state index contributed by atoms with van der Waals surface area (Å²) in [6.45, 7) is 4.96. The molecule has 0 aromatic rings. The van der Waals surface area contributed by atoms with Crippen molar-refractivity contribution in [1.82, 2.24) is 10.2 Å². The van der Waals surface area contributed by atoms with Crippen LogP contribution in [0.3, 0.4) is 0 Å². The molecule has 0 bridgehead atoms. The fourth-order valence-electron chi connectivity index (χ4n) is 1.25. The molecule has 1 unspecified atom stereocenters. The van der Waals surface area contributed by atoms with Gasteiger partial charge in [0.15, 0.2) is 0 Å². The lowest BCUT2D eigenvalue weighted by Crippen LogP contribution is -2.53. The standard InChI is InChI=1S/C8H12N4O3/c1-3-12(4-2)8-9-6(13)5(11-15)7(14)10-8/h5H,3-4H2,1-2H3,(H,9,10,13,14). The van der Waals surface area contributed by atoms with E-state index in [0.717, 1.165) is 0 Å². The normalized spacial score (nSPS) is 20.7. The minimum Gasteiger partial charge on any atom is -0.343 e. The Morgan fingerprint density at radius 3 is 2.40 bits per heavy atom. The van der Waals surface area contributed by atoms with Crippen LogP contribution in [0.5, 0.6) is 0 Å². The van der Waals surface area contributed by atoms with Gasteiger partial charge in [0, 0.05) is 13.1 Å². The molecule has 0 fully saturated rings. The van der Waals surface area contributed by atoms with E-state index in [-0.39, 0.29) is 5.96 Å². The third-order valence-corrected chi connectivity index (χ3v) is 2.10. The van der Waals surface area contributed by atoms with Gasteiger partial charge in [-0.25, -0.2) is 0 Å². The maximum absolute atomic E-state index is 11.2. The summed E-state index contributed by atoms with van der Waals surface area (Å²) >= 11 is 0. The number of nitrogens with one attached hydrogen (secondary N) is 1. The summed E-state index contributed by atoms with van der Waals surface area (Å²) < 4.78 is 0. The molecule has 82 valence electrons. The molecule has 0 aromatic heterocycles. The average Bonchev–Trinajstić information content (AvgIpc) is 2.19. The smallest absolute Gasteiger partial charge is 0.287 e. The van der Waals surface area contributed by atoms with E-state index in [1.165, 1.54) is 0 Å². The van der Waals surface area contributed by atoms with Gasteiger partial charge in [-0.1, -0.05) is 0 Å². The Labute approximate surface area is 86.5 Å². The Morgan fingerprint density at radius 2 is 2.00 bits per heavy atom. The predicted molar refractivity (Wildman–Crippen MR) is 53.1 cm³/mol. The average molecular weight is 212 g/mol. The number of hydrogen-bond acceptors (Lipinski definition) is 5. The van der Waals surface area contributed by atoms with Gasteiger partial charge in [0.1, 0.15) is 0 Å². The van der Waals surface area contributed by atoms with Gasteiger partial charge in [-0.15, -0.1) is 4.91 Å². The number of aliphatic imine (C=N–C) groups is 1. The number of rotatable bonds is 3. The lowest BCUT2D eigenvalue weighted by atomic mass is 10.2. The van der Waals surface area contributed by atoms with Crippen molar-refractivity contribution in [2.24, 2.45) is 10.2 Å². The van der Waals surface area contributed by atoms with Crippen molar-refractivity contribution < 1.29 is 9.59 Å². The SMILES string of the molecule is CCN(CC)C1=NC(=O)C(N=O)C(=O)N1. The number of amides is 2. The maximum Gasteiger partial charge on any atom is 0.287 e. The highest BCUT2D eigenvalue weighted by molar-refractivity contribution is 6.17. The molecular formula is C8H12N4O3. The molecule has 0 saturated carbocycles. The Kier molecular flexibility index (Phi) is 3.48. The lowest BCUT2D eigenvalue weighted by molar-refractivity contribution is -0.129. The van der Waals surface area contributed by atoms with E-state index in [2.05, 4.69) is 15.5 Å². The van der Waals surface area contributed by atoms with E-state index >= 15 is 0 Å². The molecule has 1 aliphatic heterocycles. The van der Waals surface area contributed by atoms with Crippen LogP contribution in [0, 0.1) is 4.91 Å². The van der Waals surface area contributed by atoms with Crippen molar-refractivity contribution in [2.75, 3.05) is 13.1 Å². The summed E-state index contributed by atoms with van der Waals surface area (Å²) in [5, 5.41) is 4.79. The minimum absolute atomic E-state index is 0.190. The molecule has 15 heavy (non-hydrogen) atoms. The number of hydrogen-bond donors (Lipinski definition) is 1. The van der Waals surface area contributed by atoms with Gasteiger partial charge in [0.05, 0.1) is 0 Å². The van der Waals surface area contributed by atoms with E-state index < -0.39 is 17.9 Å². The first-order chi connectivity index (χ1) is 7.13. The number of carbonyl (C=O) groups is 2. The highest BCUT2D eigenvalue weighted by Crippen LogP contribution is 2.03. The monoisotopic (exact) mass is 212 g/mol. The Hall–Kier alpha value is -1.79. The van der Waals surface area contributed by atoms with Crippen molar-refractivity contribution in [2.45, 2.75) is 19.9 Å². The molecule has 1 heterocycles. The summed E-state index contributed by atoms with van der Waals surface area (Å²) in [5.74, 6) is -1.34. The van der Waals surface area contributed by atoms with Crippen LogP contribution >= 0.6 is 0 Å². The van der Waals surface area contributed by atoms with E-state index in [4.69, 9.17) is 0 Å². The molecule has 7 nitrogen and oxygen atoms in total. The molecule has 2 amide bonds. The van der Waals surface area contributed by atoms with Crippen molar-refractivity contribution in [3.05, 3.63) is 4.91 Å². The molecule has 1 aliphatic rings. The molecule has 1 rings (SSSR count). The van der Waals surface area contributed by atoms with Crippen molar-refractivity contribution in [3.63, 3.8) is 0 Å². The van der Waals surface area contributed by atoms with E-state index in [1.807, 2.05) is 13.8 Å². The van der Waals surface area contributed by atoms with Crippen LogP contribution in [0.4, 0.5) is 0 Å². The van der Waals surface area contributed by atoms with Crippen molar-refractivity contribution in [3.8, 4) is 0 Å². The summed E-state index contributed by atoms with van der Waals surface area (Å²) in [6, 6.07) is -1.54. The van der Waals surface area contributed by atoms with Crippen molar-refractivity contribution in [1.29, 1.82) is 0 Å². The van der Waals surface area contributed by atoms with Gasteiger partial charge in [-0.05, 0) is 19.0 Å². The summed E-state index contributed by atoms with van der Waals surface area (Å²) in [4.78, 5) is 38.0. The first-order valence-corrected chi connectivity index (χ1v) is 4.64. The van der Waals surface area contributed by atoms with Crippen LogP contribution in [-0.2, 0) is 9.59 Å². The molecule has 7 heteroatoms. The van der Waals surface area contributed by atoms with Crippen LogP contribution in [0.1, 0.15) is 13.8 Å². The van der Waals surface area contributed by atoms with E-state index in [9.17, 15) is 14.5 Å². The molecule has 0 radical (unpaired) electrons. The van der Waals surface area contributed by atoms with Gasteiger partial charge in [-0.2, -0.15) is 4.99 Å². The lowest BCUT2D eigenvalue weighted by Gasteiger charge is -2.25. The van der Waals surface area contributed by atoms with Crippen LogP contribution in [0.2, 0.25) is 0 Å². The molecule has 1 N–H and O–H groups in total. The Morgan fingerprint density at radius 1 is 1.40 bits per heavy atom. The summed E-state index contributed by atoms with van der Waals surface area (Å²) in [6.07, 6.45) is 0. The second-order valence-corrected chi connectivity index (χ2v) is 2.94. The second kappa shape index (κ2) is 4.63. The first kappa shape index (κ1) is 11.3. The largest absolute Gasteiger partial charge is 0.343 e. The Bertz CT molecular complexity index is 322. The van der Waals surface area contributed by atoms with Gasteiger partial charge in [0.25, 0.3) is 17.9 Å². The number of guanidine groups is 1. The summed E-state index contributed by atoms with van der Waals surface area (Å²) in [7, 11) is 0. The number of nitroso groups, excluding NO2 is 1. The van der Waals surface area contributed by atoms with Gasteiger partial charge < -0.3 is 4.90 Å². The number of nitrogens with zero attached hydrogens (tertiary/aromatic N) is 3. The van der Waals surface area contributed by atoms with Crippen LogP contribution in [-0.4, -0.2) is 41.8 Å². The van der Waals surface area contributed by atoms with Crippen LogP contribution < -0.4 is 5.32 Å². The third-order valence-electron chi connectivity index (χ3n) is 2.10. The molecule has 0 spiro atoms. The molecule has 0 aliphatic carbocycles. The molecular weight excluding hydrogens is 200 g/mol. The van der Waals surface area contributed by atoms with Gasteiger partial charge >= 0.3 is 0 Å². The van der Waals surface area contributed by atoms with Crippen molar-refractivity contribution >= 4 is 17.8 Å². The van der Waals surface area contributed by atoms with Gasteiger partial charge in [-0.3, -0.25) is 14.9 Å². The topological polar surface area (TPSA) is 91.2 Å². The zero-order chi connectivity index (χ0) is 11.4. The quantitative estimate of drug-likeness (QED) is 0.503. The Balaban J connectivity index is 2.91. The number of carbonyl (C=O) groups excluding carboxylic acids is 2. The molecule has 1 atom stereocenters. The fraction of sp³-hybridized carbons (Fsp3) is 0.625. The molecule has 0 saturated heterocycles. The second-order valence-electron chi connectivity index (χ2n) is 2.94. The summed E-state index contributed by atoms with van der Waals surface area (Å²) in [5.41, 5.74) is 0. The predicted octanol–water partition coefficient (Wildman–Crippen LogP) is -0.524. The maximum atomic E-state index is 11.2. The third kappa shape index (κ3) is 2.17. The highest BCUT2D eigenvalue weighted by atomic mass is 16.3. The van der Waals surface area contributed by atoms with E-state index in [0.29, 0.717) is 13.1 Å². The van der Waals surface area contributed by atoms with E-state index in [1.54, 1.807) is 4.90 Å². The van der Waals surface area contributed by atoms with Gasteiger partial charge in [0.2, 0.25) is 5.96 Å². The zero-order valence-electron chi connectivity index (χ0n) is 8.56. The highest BCUT2D eigenvalue weighted by Gasteiger charge is 2.34. The zero-order valence-corrected chi connectivity index (χ0v) is 8.56. The molecule has 0 aromatic carbocycles. The minimum atomic E-state index is -1.54.